The summed E-state index contributed by atoms with van der Waals surface area (Å²) in [7, 11) is 0. The van der Waals surface area contributed by atoms with Gasteiger partial charge >= 0.3 is 0 Å². The highest BCUT2D eigenvalue weighted by Gasteiger charge is 2.23. The van der Waals surface area contributed by atoms with E-state index in [1.54, 1.807) is 0 Å². The second-order valence-electron chi connectivity index (χ2n) is 5.65. The number of alkyl halides is 1. The van der Waals surface area contributed by atoms with Gasteiger partial charge in [0.15, 0.2) is 0 Å². The average molecular weight is 336 g/mol. The van der Waals surface area contributed by atoms with Gasteiger partial charge in [0.1, 0.15) is 0 Å². The van der Waals surface area contributed by atoms with Crippen LogP contribution < -0.4 is 0 Å². The van der Waals surface area contributed by atoms with E-state index in [0.29, 0.717) is 6.10 Å². The zero-order valence-electron chi connectivity index (χ0n) is 10.3. The Hall–Kier alpha value is 0.690. The van der Waals surface area contributed by atoms with Crippen LogP contribution in [0, 0.1) is 11.8 Å². The lowest BCUT2D eigenvalue weighted by molar-refractivity contribution is -0.00821. The molecule has 1 nitrogen and oxygen atoms in total. The molecular weight excluding hydrogens is 311 g/mol. The number of halogens is 1. The van der Waals surface area contributed by atoms with Gasteiger partial charge in [0.05, 0.1) is 6.10 Å². The summed E-state index contributed by atoms with van der Waals surface area (Å²) in [5, 5.41) is 0. The Balaban J connectivity index is 1.64. The molecule has 2 heteroatoms. The minimum Gasteiger partial charge on any atom is -0.378 e. The van der Waals surface area contributed by atoms with Crippen LogP contribution in [0.3, 0.4) is 0 Å². The monoisotopic (exact) mass is 336 g/mol. The third-order valence-electron chi connectivity index (χ3n) is 4.25. The Bertz CT molecular complexity index is 189. The van der Waals surface area contributed by atoms with Crippen molar-refractivity contribution in [2.24, 2.45) is 11.8 Å². The molecule has 2 fully saturated rings. The van der Waals surface area contributed by atoms with Crippen molar-refractivity contribution in [2.75, 3.05) is 11.0 Å². The maximum absolute atomic E-state index is 6.15. The lowest BCUT2D eigenvalue weighted by atomic mass is 9.88. The summed E-state index contributed by atoms with van der Waals surface area (Å²) in [5.74, 6) is 1.82. The van der Waals surface area contributed by atoms with Gasteiger partial charge in [-0.2, -0.15) is 0 Å². The zero-order chi connectivity index (χ0) is 11.2. The van der Waals surface area contributed by atoms with Gasteiger partial charge in [0, 0.05) is 11.0 Å². The Labute approximate surface area is 114 Å². The molecule has 0 heterocycles. The topological polar surface area (TPSA) is 9.23 Å². The first-order chi connectivity index (χ1) is 7.88. The van der Waals surface area contributed by atoms with Crippen LogP contribution >= 0.6 is 22.6 Å². The molecule has 0 bridgehead atoms. The molecule has 2 unspecified atom stereocenters. The van der Waals surface area contributed by atoms with Crippen molar-refractivity contribution >= 4 is 22.6 Å². The summed E-state index contributed by atoms with van der Waals surface area (Å²) in [6.07, 6.45) is 13.2. The molecule has 0 saturated heterocycles. The lowest BCUT2D eigenvalue weighted by Crippen LogP contribution is -2.26. The summed E-state index contributed by atoms with van der Waals surface area (Å²) in [4.78, 5) is 0. The first kappa shape index (κ1) is 13.1. The highest BCUT2D eigenvalue weighted by atomic mass is 127. The average Bonchev–Trinajstić information content (AvgIpc) is 2.38. The largest absolute Gasteiger partial charge is 0.378 e. The summed E-state index contributed by atoms with van der Waals surface area (Å²) in [6, 6.07) is 0. The highest BCUT2D eigenvalue weighted by Crippen LogP contribution is 2.29. The predicted molar refractivity (Wildman–Crippen MR) is 77.2 cm³/mol. The molecule has 2 saturated carbocycles. The van der Waals surface area contributed by atoms with Gasteiger partial charge in [-0.3, -0.25) is 0 Å². The van der Waals surface area contributed by atoms with E-state index < -0.39 is 0 Å². The predicted octanol–water partition coefficient (Wildman–Crippen LogP) is 4.58. The van der Waals surface area contributed by atoms with Crippen LogP contribution in [0.4, 0.5) is 0 Å². The molecule has 0 N–H and O–H groups in total. The Morgan fingerprint density at radius 1 is 0.875 bits per heavy atom. The van der Waals surface area contributed by atoms with Gasteiger partial charge in [-0.1, -0.05) is 48.3 Å². The Morgan fingerprint density at radius 2 is 1.62 bits per heavy atom. The molecule has 2 aliphatic rings. The van der Waals surface area contributed by atoms with Crippen LogP contribution in [0.5, 0.6) is 0 Å². The standard InChI is InChI=1S/C14H25IO/c15-10-13-7-4-8-14(9-13)16-11-12-5-2-1-3-6-12/h12-14H,1-11H2. The lowest BCUT2D eigenvalue weighted by Gasteiger charge is -2.30. The maximum Gasteiger partial charge on any atom is 0.0578 e. The third-order valence-corrected chi connectivity index (χ3v) is 5.49. The molecule has 2 atom stereocenters. The van der Waals surface area contributed by atoms with Crippen molar-refractivity contribution in [1.82, 2.24) is 0 Å². The summed E-state index contributed by atoms with van der Waals surface area (Å²) < 4.78 is 7.47. The van der Waals surface area contributed by atoms with Crippen molar-refractivity contribution in [2.45, 2.75) is 63.9 Å². The molecule has 0 aliphatic heterocycles. The minimum atomic E-state index is 0.593. The van der Waals surface area contributed by atoms with Crippen LogP contribution in [-0.4, -0.2) is 17.1 Å². The normalized spacial score (nSPS) is 32.8. The minimum absolute atomic E-state index is 0.593. The van der Waals surface area contributed by atoms with E-state index in [-0.39, 0.29) is 0 Å². The van der Waals surface area contributed by atoms with E-state index in [9.17, 15) is 0 Å². The smallest absolute Gasteiger partial charge is 0.0578 e. The van der Waals surface area contributed by atoms with Gasteiger partial charge in [0.2, 0.25) is 0 Å². The summed E-state index contributed by atoms with van der Waals surface area (Å²) in [5.41, 5.74) is 0. The zero-order valence-corrected chi connectivity index (χ0v) is 12.5. The second-order valence-corrected chi connectivity index (χ2v) is 6.53. The quantitative estimate of drug-likeness (QED) is 0.539. The van der Waals surface area contributed by atoms with Crippen molar-refractivity contribution in [1.29, 1.82) is 0 Å². The molecule has 0 aromatic rings. The molecular formula is C14H25IO. The van der Waals surface area contributed by atoms with Crippen molar-refractivity contribution in [3.8, 4) is 0 Å². The highest BCUT2D eigenvalue weighted by molar-refractivity contribution is 14.1. The van der Waals surface area contributed by atoms with E-state index in [1.165, 1.54) is 62.2 Å². The van der Waals surface area contributed by atoms with Gasteiger partial charge in [0.25, 0.3) is 0 Å². The fourth-order valence-electron chi connectivity index (χ4n) is 3.16. The van der Waals surface area contributed by atoms with E-state index >= 15 is 0 Å². The van der Waals surface area contributed by atoms with Gasteiger partial charge in [-0.05, 0) is 43.9 Å². The van der Waals surface area contributed by atoms with Gasteiger partial charge < -0.3 is 4.74 Å². The first-order valence-electron chi connectivity index (χ1n) is 7.06. The van der Waals surface area contributed by atoms with Crippen LogP contribution in [0.25, 0.3) is 0 Å². The molecule has 0 amide bonds. The maximum atomic E-state index is 6.15. The van der Waals surface area contributed by atoms with Crippen LogP contribution in [0.1, 0.15) is 57.8 Å². The molecule has 2 aliphatic carbocycles. The van der Waals surface area contributed by atoms with Gasteiger partial charge in [-0.25, -0.2) is 0 Å². The number of hydrogen-bond donors (Lipinski definition) is 0. The molecule has 0 spiro atoms. The van der Waals surface area contributed by atoms with Gasteiger partial charge in [-0.15, -0.1) is 0 Å². The molecule has 0 aromatic heterocycles. The molecule has 0 radical (unpaired) electrons. The van der Waals surface area contributed by atoms with Crippen LogP contribution in [0.15, 0.2) is 0 Å². The summed E-state index contributed by atoms with van der Waals surface area (Å²) >= 11 is 2.53. The molecule has 16 heavy (non-hydrogen) atoms. The van der Waals surface area contributed by atoms with Crippen LogP contribution in [0.2, 0.25) is 0 Å². The number of ether oxygens (including phenoxy) is 1. The van der Waals surface area contributed by atoms with Crippen molar-refractivity contribution < 1.29 is 4.74 Å². The van der Waals surface area contributed by atoms with E-state index in [4.69, 9.17) is 4.74 Å². The third kappa shape index (κ3) is 4.17. The van der Waals surface area contributed by atoms with Crippen LogP contribution in [-0.2, 0) is 4.74 Å². The van der Waals surface area contributed by atoms with E-state index in [1.807, 2.05) is 0 Å². The first-order valence-corrected chi connectivity index (χ1v) is 8.58. The van der Waals surface area contributed by atoms with Crippen molar-refractivity contribution in [3.05, 3.63) is 0 Å². The fraction of sp³-hybridized carbons (Fsp3) is 1.00. The van der Waals surface area contributed by atoms with E-state index in [2.05, 4.69) is 22.6 Å². The number of hydrogen-bond acceptors (Lipinski definition) is 1. The summed E-state index contributed by atoms with van der Waals surface area (Å²) in [6.45, 7) is 1.05. The second kappa shape index (κ2) is 7.20. The Kier molecular flexibility index (Phi) is 5.91. The van der Waals surface area contributed by atoms with E-state index in [0.717, 1.165) is 18.4 Å². The van der Waals surface area contributed by atoms with Crippen molar-refractivity contribution in [3.63, 3.8) is 0 Å². The molecule has 94 valence electrons. The fourth-order valence-corrected chi connectivity index (χ4v) is 3.96. The molecule has 2 rings (SSSR count). The molecule has 0 aromatic carbocycles. The number of rotatable bonds is 4. The Morgan fingerprint density at radius 3 is 2.38 bits per heavy atom. The SMILES string of the molecule is ICC1CCCC(OCC2CCCCC2)C1.